The number of halogens is 3. The van der Waals surface area contributed by atoms with Crippen molar-refractivity contribution >= 4 is 39.6 Å². The highest BCUT2D eigenvalue weighted by atomic mass is 32.1. The molecule has 1 atom stereocenters. The van der Waals surface area contributed by atoms with E-state index in [1.165, 1.54) is 11.3 Å². The number of nitrogens with two attached hydrogens (primary N) is 1. The highest BCUT2D eigenvalue weighted by molar-refractivity contribution is 7.13. The summed E-state index contributed by atoms with van der Waals surface area (Å²) in [7, 11) is 0. The molecule has 39 heavy (non-hydrogen) atoms. The summed E-state index contributed by atoms with van der Waals surface area (Å²) >= 11 is 1.48. The first-order chi connectivity index (χ1) is 18.7. The number of piperidine rings is 1. The van der Waals surface area contributed by atoms with E-state index in [-0.39, 0.29) is 38.4 Å². The Hall–Kier alpha value is -3.90. The molecule has 0 aliphatic carbocycles. The number of aromatic nitrogens is 3. The van der Waals surface area contributed by atoms with E-state index in [4.69, 9.17) is 10.7 Å². The number of hydrogen-bond acceptors (Lipinski definition) is 7. The molecular weight excluding hydrogens is 529 g/mol. The molecule has 3 aromatic heterocycles. The predicted molar refractivity (Wildman–Crippen MR) is 140 cm³/mol. The topological polar surface area (TPSA) is 105 Å². The van der Waals surface area contributed by atoms with Gasteiger partial charge in [-0.2, -0.15) is 13.2 Å². The number of fused-ring (bicyclic) bond motifs is 3. The second kappa shape index (κ2) is 9.38. The SMILES string of the molecule is NC(C(=O)N1CCC2(CC1)C(=O)N(Cc1ncc3ccccc3c1-c1cncs1)c1cnccc12)C(F)(F)F. The third kappa shape index (κ3) is 4.14. The maximum Gasteiger partial charge on any atom is 0.412 e. The van der Waals surface area contributed by atoms with Crippen LogP contribution in [0.25, 0.3) is 21.2 Å². The van der Waals surface area contributed by atoms with E-state index in [2.05, 4.69) is 9.97 Å². The van der Waals surface area contributed by atoms with Crippen LogP contribution >= 0.6 is 11.3 Å². The number of amides is 2. The molecular formula is C27H23F3N6O2S. The smallest absolute Gasteiger partial charge is 0.341 e. The summed E-state index contributed by atoms with van der Waals surface area (Å²) in [5.41, 5.74) is 8.93. The van der Waals surface area contributed by atoms with Gasteiger partial charge in [-0.15, -0.1) is 11.3 Å². The third-order valence-corrected chi connectivity index (χ3v) is 8.46. The van der Waals surface area contributed by atoms with E-state index in [0.717, 1.165) is 31.7 Å². The Bertz CT molecular complexity index is 1570. The number of nitrogens with zero attached hydrogens (tertiary/aromatic N) is 5. The molecule has 1 saturated heterocycles. The van der Waals surface area contributed by atoms with Crippen molar-refractivity contribution in [1.82, 2.24) is 19.9 Å². The Labute approximate surface area is 225 Å². The van der Waals surface area contributed by atoms with Gasteiger partial charge >= 0.3 is 6.18 Å². The fourth-order valence-corrected chi connectivity index (χ4v) is 6.37. The van der Waals surface area contributed by atoms with Crippen molar-refractivity contribution in [2.45, 2.75) is 37.0 Å². The summed E-state index contributed by atoms with van der Waals surface area (Å²) in [4.78, 5) is 43.4. The molecule has 1 unspecified atom stereocenters. The van der Waals surface area contributed by atoms with Crippen molar-refractivity contribution in [2.24, 2.45) is 5.73 Å². The minimum Gasteiger partial charge on any atom is -0.341 e. The molecule has 1 fully saturated rings. The summed E-state index contributed by atoms with van der Waals surface area (Å²) in [6.45, 7) is 0.160. The zero-order valence-corrected chi connectivity index (χ0v) is 21.4. The largest absolute Gasteiger partial charge is 0.412 e. The van der Waals surface area contributed by atoms with Crippen molar-refractivity contribution in [3.8, 4) is 10.4 Å². The van der Waals surface area contributed by atoms with Gasteiger partial charge in [-0.1, -0.05) is 24.3 Å². The van der Waals surface area contributed by atoms with Gasteiger partial charge in [0.2, 0.25) is 11.8 Å². The van der Waals surface area contributed by atoms with Crippen LogP contribution in [0.1, 0.15) is 24.1 Å². The molecule has 1 aromatic carbocycles. The quantitative estimate of drug-likeness (QED) is 0.410. The van der Waals surface area contributed by atoms with Crippen molar-refractivity contribution in [2.75, 3.05) is 18.0 Å². The summed E-state index contributed by atoms with van der Waals surface area (Å²) in [5.74, 6) is -1.35. The summed E-state index contributed by atoms with van der Waals surface area (Å²) in [6, 6.07) is 7.08. The second-order valence-corrected chi connectivity index (χ2v) is 10.6. The second-order valence-electron chi connectivity index (χ2n) is 9.74. The molecule has 5 heterocycles. The Balaban J connectivity index is 1.34. The van der Waals surface area contributed by atoms with Crippen molar-refractivity contribution < 1.29 is 22.8 Å². The van der Waals surface area contributed by atoms with Gasteiger partial charge in [-0.05, 0) is 29.9 Å². The normalized spacial score (nSPS) is 17.6. The fraction of sp³-hybridized carbons (Fsp3) is 0.296. The van der Waals surface area contributed by atoms with Crippen molar-refractivity contribution in [3.05, 3.63) is 71.9 Å². The standard InChI is InChI=1S/C27H23F3N6O2S/c28-27(29,30)23(31)24(37)35-9-6-26(7-10-35)18-5-8-32-12-20(18)36(25(26)38)14-19-22(21-13-33-15-39-21)17-4-2-1-3-16(17)11-34-19/h1-5,8,11-13,15,23H,6-7,9-10,14,31H2. The lowest BCUT2D eigenvalue weighted by molar-refractivity contribution is -0.171. The van der Waals surface area contributed by atoms with Crippen LogP contribution in [0, 0.1) is 0 Å². The Kier molecular flexibility index (Phi) is 6.11. The first kappa shape index (κ1) is 25.4. The number of thiazole rings is 1. The monoisotopic (exact) mass is 552 g/mol. The average molecular weight is 553 g/mol. The number of carbonyl (C=O) groups is 2. The minimum absolute atomic E-state index is 0.00963. The van der Waals surface area contributed by atoms with Crippen LogP contribution in [0.3, 0.4) is 0 Å². The fourth-order valence-electron chi connectivity index (χ4n) is 5.66. The van der Waals surface area contributed by atoms with Gasteiger partial charge in [-0.3, -0.25) is 24.5 Å². The maximum absolute atomic E-state index is 14.1. The highest BCUT2D eigenvalue weighted by Gasteiger charge is 2.54. The van der Waals surface area contributed by atoms with Gasteiger partial charge < -0.3 is 15.5 Å². The van der Waals surface area contributed by atoms with Crippen molar-refractivity contribution in [3.63, 3.8) is 0 Å². The Morgan fingerprint density at radius 2 is 1.87 bits per heavy atom. The van der Waals surface area contributed by atoms with Crippen LogP contribution in [0.5, 0.6) is 0 Å². The molecule has 2 aliphatic rings. The number of likely N-dealkylation sites (tertiary alicyclic amines) is 1. The van der Waals surface area contributed by atoms with Crippen LogP contribution in [0.15, 0.2) is 60.6 Å². The van der Waals surface area contributed by atoms with Gasteiger partial charge in [0.15, 0.2) is 6.04 Å². The lowest BCUT2D eigenvalue weighted by atomic mass is 9.74. The maximum atomic E-state index is 14.1. The summed E-state index contributed by atoms with van der Waals surface area (Å²) in [5, 5.41) is 1.96. The van der Waals surface area contributed by atoms with E-state index >= 15 is 0 Å². The molecule has 6 rings (SSSR count). The number of carbonyl (C=O) groups excluding carboxylic acids is 2. The van der Waals surface area contributed by atoms with Gasteiger partial charge in [0.1, 0.15) is 0 Å². The average Bonchev–Trinajstić information content (AvgIpc) is 3.55. The number of benzene rings is 1. The molecule has 4 aromatic rings. The van der Waals surface area contributed by atoms with Crippen LogP contribution in [-0.2, 0) is 21.5 Å². The Morgan fingerprint density at radius 3 is 2.59 bits per heavy atom. The molecule has 2 aliphatic heterocycles. The van der Waals surface area contributed by atoms with Gasteiger partial charge in [0, 0.05) is 42.6 Å². The van der Waals surface area contributed by atoms with Gasteiger partial charge in [0.05, 0.1) is 39.9 Å². The summed E-state index contributed by atoms with van der Waals surface area (Å²) < 4.78 is 39.1. The predicted octanol–water partition coefficient (Wildman–Crippen LogP) is 4.05. The number of pyridine rings is 2. The third-order valence-electron chi connectivity index (χ3n) is 7.67. The van der Waals surface area contributed by atoms with Crippen LogP contribution in [0.4, 0.5) is 18.9 Å². The number of anilines is 1. The summed E-state index contributed by atoms with van der Waals surface area (Å²) in [6.07, 6.45) is 2.33. The molecule has 12 heteroatoms. The molecule has 200 valence electrons. The number of rotatable bonds is 4. The van der Waals surface area contributed by atoms with Crippen LogP contribution in [0.2, 0.25) is 0 Å². The molecule has 2 N–H and O–H groups in total. The van der Waals surface area contributed by atoms with E-state index in [9.17, 15) is 22.8 Å². The zero-order chi connectivity index (χ0) is 27.4. The molecule has 0 radical (unpaired) electrons. The van der Waals surface area contributed by atoms with E-state index in [1.54, 1.807) is 41.3 Å². The van der Waals surface area contributed by atoms with Gasteiger partial charge in [0.25, 0.3) is 0 Å². The van der Waals surface area contributed by atoms with Crippen LogP contribution in [-0.4, -0.2) is 57.0 Å². The highest BCUT2D eigenvalue weighted by Crippen LogP contribution is 2.48. The molecule has 1 spiro atoms. The van der Waals surface area contributed by atoms with E-state index in [1.807, 2.05) is 24.3 Å². The van der Waals surface area contributed by atoms with E-state index in [0.29, 0.717) is 11.4 Å². The minimum atomic E-state index is -4.83. The molecule has 8 nitrogen and oxygen atoms in total. The van der Waals surface area contributed by atoms with Crippen molar-refractivity contribution in [1.29, 1.82) is 0 Å². The van der Waals surface area contributed by atoms with E-state index < -0.39 is 23.5 Å². The zero-order valence-electron chi connectivity index (χ0n) is 20.6. The lowest BCUT2D eigenvalue weighted by Gasteiger charge is -2.39. The van der Waals surface area contributed by atoms with Gasteiger partial charge in [-0.25, -0.2) is 0 Å². The molecule has 0 bridgehead atoms. The Morgan fingerprint density at radius 1 is 1.10 bits per heavy atom. The first-order valence-electron chi connectivity index (χ1n) is 12.3. The first-order valence-corrected chi connectivity index (χ1v) is 13.2. The number of alkyl halides is 3. The molecule has 0 saturated carbocycles. The number of hydrogen-bond donors (Lipinski definition) is 1. The molecule has 2 amide bonds. The lowest BCUT2D eigenvalue weighted by Crippen LogP contribution is -2.56. The van der Waals surface area contributed by atoms with Crippen LogP contribution < -0.4 is 10.6 Å².